The van der Waals surface area contributed by atoms with E-state index >= 15 is 0 Å². The van der Waals surface area contributed by atoms with Crippen molar-refractivity contribution < 1.29 is 19.1 Å². The third kappa shape index (κ3) is 5.39. The lowest BCUT2D eigenvalue weighted by Gasteiger charge is -2.16. The van der Waals surface area contributed by atoms with Crippen molar-refractivity contribution in [2.45, 2.75) is 45.9 Å². The lowest BCUT2D eigenvalue weighted by Crippen LogP contribution is -2.16. The number of amides is 1. The fourth-order valence-electron chi connectivity index (χ4n) is 3.26. The number of ether oxygens (including phenoxy) is 2. The highest BCUT2D eigenvalue weighted by Gasteiger charge is 2.23. The lowest BCUT2D eigenvalue weighted by molar-refractivity contribution is -0.113. The molecular formula is C23H28N4O4S2. The maximum Gasteiger partial charge on any atom is 0.341 e. The van der Waals surface area contributed by atoms with Crippen molar-refractivity contribution in [3.8, 4) is 5.75 Å². The predicted molar refractivity (Wildman–Crippen MR) is 130 cm³/mol. The van der Waals surface area contributed by atoms with Crippen LogP contribution in [-0.2, 0) is 16.6 Å². The number of nitrogens with zero attached hydrogens (tertiary/aromatic N) is 3. The number of aromatic nitrogens is 3. The van der Waals surface area contributed by atoms with Crippen LogP contribution in [0.2, 0.25) is 0 Å². The summed E-state index contributed by atoms with van der Waals surface area (Å²) in [5.41, 5.74) is 3.46. The van der Waals surface area contributed by atoms with Gasteiger partial charge in [-0.2, -0.15) is 0 Å². The minimum atomic E-state index is -0.462. The zero-order valence-corrected chi connectivity index (χ0v) is 21.4. The molecule has 3 aromatic rings. The first-order valence-electron chi connectivity index (χ1n) is 10.4. The number of methoxy groups -OCH3 is 1. The van der Waals surface area contributed by atoms with E-state index in [0.29, 0.717) is 21.5 Å². The second kappa shape index (κ2) is 10.4. The van der Waals surface area contributed by atoms with Gasteiger partial charge in [0.05, 0.1) is 18.4 Å². The summed E-state index contributed by atoms with van der Waals surface area (Å²) in [4.78, 5) is 25.6. The van der Waals surface area contributed by atoms with Crippen molar-refractivity contribution >= 4 is 40.0 Å². The predicted octanol–water partition coefficient (Wildman–Crippen LogP) is 4.77. The average molecular weight is 489 g/mol. The van der Waals surface area contributed by atoms with Gasteiger partial charge in [0.1, 0.15) is 10.8 Å². The molecule has 2 heterocycles. The minimum absolute atomic E-state index is 0.120. The molecule has 1 amide bonds. The maximum atomic E-state index is 12.6. The molecule has 0 radical (unpaired) electrons. The molecular weight excluding hydrogens is 460 g/mol. The Morgan fingerprint density at radius 2 is 1.91 bits per heavy atom. The van der Waals surface area contributed by atoms with Gasteiger partial charge < -0.3 is 19.4 Å². The molecule has 176 valence electrons. The van der Waals surface area contributed by atoms with Crippen LogP contribution >= 0.6 is 23.1 Å². The highest BCUT2D eigenvalue weighted by molar-refractivity contribution is 7.99. The van der Waals surface area contributed by atoms with Crippen LogP contribution in [0.1, 0.15) is 50.8 Å². The Hall–Kier alpha value is -2.85. The molecule has 33 heavy (non-hydrogen) atoms. The van der Waals surface area contributed by atoms with Crippen molar-refractivity contribution in [1.29, 1.82) is 0 Å². The number of nitrogens with one attached hydrogen (secondary N) is 1. The topological polar surface area (TPSA) is 95.3 Å². The van der Waals surface area contributed by atoms with Crippen LogP contribution in [0.4, 0.5) is 5.00 Å². The molecule has 1 unspecified atom stereocenters. The van der Waals surface area contributed by atoms with Crippen molar-refractivity contribution in [2.24, 2.45) is 7.05 Å². The van der Waals surface area contributed by atoms with Gasteiger partial charge in [-0.1, -0.05) is 23.9 Å². The van der Waals surface area contributed by atoms with Gasteiger partial charge in [-0.15, -0.1) is 21.5 Å². The second-order valence-electron chi connectivity index (χ2n) is 7.67. The number of carbonyl (C=O) groups excluding carboxylic acids is 2. The van der Waals surface area contributed by atoms with Gasteiger partial charge in [0.25, 0.3) is 0 Å². The third-order valence-corrected chi connectivity index (χ3v) is 7.59. The molecule has 0 fully saturated rings. The monoisotopic (exact) mass is 488 g/mol. The first-order valence-corrected chi connectivity index (χ1v) is 12.2. The van der Waals surface area contributed by atoms with Crippen LogP contribution in [0.25, 0.3) is 0 Å². The summed E-state index contributed by atoms with van der Waals surface area (Å²) < 4.78 is 12.8. The maximum absolute atomic E-state index is 12.6. The van der Waals surface area contributed by atoms with E-state index in [0.717, 1.165) is 27.3 Å². The smallest absolute Gasteiger partial charge is 0.341 e. The van der Waals surface area contributed by atoms with Gasteiger partial charge in [-0.3, -0.25) is 4.79 Å². The number of anilines is 1. The molecule has 1 N–H and O–H groups in total. The normalized spacial score (nSPS) is 11.8. The molecule has 0 spiro atoms. The summed E-state index contributed by atoms with van der Waals surface area (Å²) in [6.07, 6.45) is -0.314. The van der Waals surface area contributed by atoms with Crippen molar-refractivity contribution in [3.63, 3.8) is 0 Å². The molecule has 0 aliphatic rings. The zero-order valence-electron chi connectivity index (χ0n) is 19.8. The molecule has 0 bridgehead atoms. The molecule has 1 atom stereocenters. The summed E-state index contributed by atoms with van der Waals surface area (Å²) in [6.45, 7) is 9.73. The SMILES string of the molecule is COC(=O)c1c(NC(=O)CSc2nnc(C(C)Oc3cccc(C)c3C)n2C)sc(C)c1C. The number of rotatable bonds is 8. The molecule has 0 saturated carbocycles. The van der Waals surface area contributed by atoms with Gasteiger partial charge >= 0.3 is 5.97 Å². The van der Waals surface area contributed by atoms with E-state index in [4.69, 9.17) is 9.47 Å². The first-order chi connectivity index (χ1) is 15.6. The molecule has 8 nitrogen and oxygen atoms in total. The van der Waals surface area contributed by atoms with Gasteiger partial charge in [0, 0.05) is 11.9 Å². The van der Waals surface area contributed by atoms with Crippen LogP contribution in [-0.4, -0.2) is 39.5 Å². The Labute approximate surface area is 201 Å². The molecule has 3 rings (SSSR count). The summed E-state index contributed by atoms with van der Waals surface area (Å²) >= 11 is 2.62. The molecule has 0 aliphatic carbocycles. The summed E-state index contributed by atoms with van der Waals surface area (Å²) in [6, 6.07) is 5.94. The number of carbonyl (C=O) groups is 2. The van der Waals surface area contributed by atoms with E-state index in [-0.39, 0.29) is 17.8 Å². The highest BCUT2D eigenvalue weighted by Crippen LogP contribution is 2.33. The first kappa shape index (κ1) is 24.8. The van der Waals surface area contributed by atoms with E-state index in [9.17, 15) is 9.59 Å². The minimum Gasteiger partial charge on any atom is -0.482 e. The number of benzene rings is 1. The molecule has 0 aliphatic heterocycles. The second-order valence-corrected chi connectivity index (χ2v) is 9.84. The van der Waals surface area contributed by atoms with Crippen molar-refractivity contribution in [1.82, 2.24) is 14.8 Å². The van der Waals surface area contributed by atoms with Crippen LogP contribution in [0.3, 0.4) is 0 Å². The van der Waals surface area contributed by atoms with Crippen LogP contribution in [0, 0.1) is 27.7 Å². The standard InChI is InChI=1S/C23H28N4O4S2/c1-12-9-8-10-17(13(12)2)31-15(4)20-25-26-23(27(20)6)32-11-18(28)24-21-19(22(29)30-7)14(3)16(5)33-21/h8-10,15H,11H2,1-7H3,(H,24,28). The summed E-state index contributed by atoms with van der Waals surface area (Å²) in [5, 5.41) is 12.4. The fraction of sp³-hybridized carbons (Fsp3) is 0.391. The van der Waals surface area contributed by atoms with Crippen LogP contribution in [0.15, 0.2) is 23.4 Å². The average Bonchev–Trinajstić information content (AvgIpc) is 3.28. The summed E-state index contributed by atoms with van der Waals surface area (Å²) in [7, 11) is 3.17. The number of esters is 1. The lowest BCUT2D eigenvalue weighted by atomic mass is 10.1. The molecule has 2 aromatic heterocycles. The largest absolute Gasteiger partial charge is 0.482 e. The number of hydrogen-bond donors (Lipinski definition) is 1. The Morgan fingerprint density at radius 3 is 2.61 bits per heavy atom. The van der Waals surface area contributed by atoms with E-state index < -0.39 is 5.97 Å². The number of thioether (sulfide) groups is 1. The van der Waals surface area contributed by atoms with E-state index in [1.165, 1.54) is 30.2 Å². The Morgan fingerprint density at radius 1 is 1.18 bits per heavy atom. The van der Waals surface area contributed by atoms with Crippen molar-refractivity contribution in [2.75, 3.05) is 18.2 Å². The Bertz CT molecular complexity index is 1190. The van der Waals surface area contributed by atoms with E-state index in [2.05, 4.69) is 15.5 Å². The Kier molecular flexibility index (Phi) is 7.80. The summed E-state index contributed by atoms with van der Waals surface area (Å²) in [5.74, 6) is 0.888. The molecule has 1 aromatic carbocycles. The van der Waals surface area contributed by atoms with Gasteiger partial charge in [0.15, 0.2) is 17.1 Å². The quantitative estimate of drug-likeness (QED) is 0.360. The van der Waals surface area contributed by atoms with Crippen LogP contribution in [0.5, 0.6) is 5.75 Å². The molecule has 0 saturated heterocycles. The van der Waals surface area contributed by atoms with Gasteiger partial charge in [-0.05, 0) is 57.4 Å². The van der Waals surface area contributed by atoms with Gasteiger partial charge in [-0.25, -0.2) is 4.79 Å². The number of thiophene rings is 1. The highest BCUT2D eigenvalue weighted by atomic mass is 32.2. The van der Waals surface area contributed by atoms with Crippen molar-refractivity contribution in [3.05, 3.63) is 51.2 Å². The number of aryl methyl sites for hydroxylation is 2. The molecule has 10 heteroatoms. The Balaban J connectivity index is 1.65. The number of hydrogen-bond acceptors (Lipinski definition) is 8. The van der Waals surface area contributed by atoms with E-state index in [1.54, 1.807) is 0 Å². The fourth-order valence-corrected chi connectivity index (χ4v) is 5.04. The van der Waals surface area contributed by atoms with Crippen LogP contribution < -0.4 is 10.1 Å². The zero-order chi connectivity index (χ0) is 24.3. The van der Waals surface area contributed by atoms with Gasteiger partial charge in [0.2, 0.25) is 5.91 Å². The van der Waals surface area contributed by atoms with E-state index in [1.807, 2.05) is 64.4 Å². The third-order valence-electron chi connectivity index (χ3n) is 5.45.